The van der Waals surface area contributed by atoms with E-state index in [1.54, 1.807) is 18.3 Å². The van der Waals surface area contributed by atoms with Gasteiger partial charge in [-0.15, -0.1) is 0 Å². The topological polar surface area (TPSA) is 59.1 Å². The molecular weight excluding hydrogens is 271 g/mol. The molecule has 1 aromatic carbocycles. The first-order valence-corrected chi connectivity index (χ1v) is 6.64. The van der Waals surface area contributed by atoms with Gasteiger partial charge in [0, 0.05) is 36.5 Å². The molecule has 0 bridgehead atoms. The van der Waals surface area contributed by atoms with Gasteiger partial charge in [0.05, 0.1) is 0 Å². The van der Waals surface area contributed by atoms with E-state index in [-0.39, 0.29) is 17.5 Å². The van der Waals surface area contributed by atoms with Crippen LogP contribution in [-0.4, -0.2) is 23.2 Å². The summed E-state index contributed by atoms with van der Waals surface area (Å²) in [5, 5.41) is 2.70. The van der Waals surface area contributed by atoms with E-state index in [1.165, 1.54) is 30.5 Å². The highest BCUT2D eigenvalue weighted by Crippen LogP contribution is 2.04. The molecule has 0 atom stereocenters. The lowest BCUT2D eigenvalue weighted by molar-refractivity contribution is 0.0937. The molecule has 0 saturated heterocycles. The Labute approximate surface area is 122 Å². The van der Waals surface area contributed by atoms with Gasteiger partial charge in [0.1, 0.15) is 5.82 Å². The van der Waals surface area contributed by atoms with Crippen molar-refractivity contribution in [3.63, 3.8) is 0 Å². The number of hydrogen-bond donors (Lipinski definition) is 1. The highest BCUT2D eigenvalue weighted by Gasteiger charge is 2.07. The fourth-order valence-corrected chi connectivity index (χ4v) is 1.83. The Morgan fingerprint density at radius 1 is 1.10 bits per heavy atom. The van der Waals surface area contributed by atoms with Crippen molar-refractivity contribution < 1.29 is 14.0 Å². The summed E-state index contributed by atoms with van der Waals surface area (Å²) in [6, 6.07) is 8.74. The molecule has 1 heterocycles. The molecule has 5 heteroatoms. The molecule has 2 aromatic rings. The number of ketones is 1. The van der Waals surface area contributed by atoms with Gasteiger partial charge in [-0.1, -0.05) is 0 Å². The number of nitrogens with zero attached hydrogens (tertiary/aromatic N) is 1. The van der Waals surface area contributed by atoms with Crippen LogP contribution in [0.15, 0.2) is 48.8 Å². The Bertz CT molecular complexity index is 612. The monoisotopic (exact) mass is 286 g/mol. The van der Waals surface area contributed by atoms with Crippen molar-refractivity contribution in [1.82, 2.24) is 10.3 Å². The van der Waals surface area contributed by atoms with Crippen molar-refractivity contribution in [1.29, 1.82) is 0 Å². The minimum Gasteiger partial charge on any atom is -0.352 e. The normalized spacial score (nSPS) is 10.1. The van der Waals surface area contributed by atoms with Crippen LogP contribution in [-0.2, 0) is 0 Å². The molecule has 2 rings (SSSR count). The van der Waals surface area contributed by atoms with Crippen molar-refractivity contribution >= 4 is 11.7 Å². The first-order valence-electron chi connectivity index (χ1n) is 6.64. The summed E-state index contributed by atoms with van der Waals surface area (Å²) in [7, 11) is 0. The van der Waals surface area contributed by atoms with Crippen molar-refractivity contribution in [3.8, 4) is 0 Å². The van der Waals surface area contributed by atoms with Gasteiger partial charge >= 0.3 is 0 Å². The standard InChI is InChI=1S/C16H15FN2O2/c17-14-7-5-12(6-8-14)16(21)19-10-2-4-15(20)13-3-1-9-18-11-13/h1,3,5-9,11H,2,4,10H2,(H,19,21). The van der Waals surface area contributed by atoms with Gasteiger partial charge in [-0.05, 0) is 42.8 Å². The highest BCUT2D eigenvalue weighted by atomic mass is 19.1. The van der Waals surface area contributed by atoms with Crippen LogP contribution in [0.25, 0.3) is 0 Å². The summed E-state index contributed by atoms with van der Waals surface area (Å²) in [5.74, 6) is -0.656. The molecule has 0 saturated carbocycles. The maximum atomic E-state index is 12.7. The third-order valence-electron chi connectivity index (χ3n) is 2.96. The molecule has 0 unspecified atom stereocenters. The molecule has 0 aliphatic carbocycles. The smallest absolute Gasteiger partial charge is 0.251 e. The van der Waals surface area contributed by atoms with E-state index in [2.05, 4.69) is 10.3 Å². The molecule has 4 nitrogen and oxygen atoms in total. The maximum absolute atomic E-state index is 12.7. The van der Waals surface area contributed by atoms with E-state index in [0.717, 1.165) is 0 Å². The summed E-state index contributed by atoms with van der Waals surface area (Å²) in [4.78, 5) is 27.4. The number of nitrogens with one attached hydrogen (secondary N) is 1. The second kappa shape index (κ2) is 7.28. The molecule has 1 amide bonds. The largest absolute Gasteiger partial charge is 0.352 e. The summed E-state index contributed by atoms with van der Waals surface area (Å²) in [6.07, 6.45) is 4.02. The van der Waals surface area contributed by atoms with Crippen molar-refractivity contribution in [3.05, 3.63) is 65.7 Å². The Balaban J connectivity index is 1.73. The van der Waals surface area contributed by atoms with Crippen LogP contribution >= 0.6 is 0 Å². The van der Waals surface area contributed by atoms with Crippen LogP contribution < -0.4 is 5.32 Å². The Hall–Kier alpha value is -2.56. The van der Waals surface area contributed by atoms with E-state index in [1.807, 2.05) is 0 Å². The third-order valence-corrected chi connectivity index (χ3v) is 2.96. The lowest BCUT2D eigenvalue weighted by atomic mass is 10.1. The van der Waals surface area contributed by atoms with Crippen LogP contribution in [0.4, 0.5) is 4.39 Å². The fraction of sp³-hybridized carbons (Fsp3) is 0.188. The van der Waals surface area contributed by atoms with Crippen LogP contribution in [0.2, 0.25) is 0 Å². The molecule has 0 fully saturated rings. The lowest BCUT2D eigenvalue weighted by Crippen LogP contribution is -2.24. The van der Waals surface area contributed by atoms with Crippen molar-refractivity contribution in [2.75, 3.05) is 6.54 Å². The Morgan fingerprint density at radius 2 is 1.86 bits per heavy atom. The Morgan fingerprint density at radius 3 is 2.52 bits per heavy atom. The van der Waals surface area contributed by atoms with Crippen LogP contribution in [0.1, 0.15) is 33.6 Å². The predicted octanol–water partition coefficient (Wildman–Crippen LogP) is 2.61. The number of pyridine rings is 1. The van der Waals surface area contributed by atoms with Gasteiger partial charge in [-0.2, -0.15) is 0 Å². The summed E-state index contributed by atoms with van der Waals surface area (Å²) in [5.41, 5.74) is 0.970. The molecule has 0 radical (unpaired) electrons. The third kappa shape index (κ3) is 4.49. The number of hydrogen-bond acceptors (Lipinski definition) is 3. The number of halogens is 1. The number of benzene rings is 1. The number of carbonyl (C=O) groups excluding carboxylic acids is 2. The minimum atomic E-state index is -0.381. The number of amides is 1. The van der Waals surface area contributed by atoms with E-state index < -0.39 is 0 Å². The lowest BCUT2D eigenvalue weighted by Gasteiger charge is -2.05. The van der Waals surface area contributed by atoms with E-state index >= 15 is 0 Å². The average molecular weight is 286 g/mol. The number of carbonyl (C=O) groups is 2. The maximum Gasteiger partial charge on any atom is 0.251 e. The van der Waals surface area contributed by atoms with Gasteiger partial charge in [-0.3, -0.25) is 14.6 Å². The molecule has 0 aliphatic heterocycles. The SMILES string of the molecule is O=C(CCCNC(=O)c1ccc(F)cc1)c1cccnc1. The van der Waals surface area contributed by atoms with Gasteiger partial charge in [-0.25, -0.2) is 4.39 Å². The van der Waals surface area contributed by atoms with E-state index in [4.69, 9.17) is 0 Å². The van der Waals surface area contributed by atoms with Gasteiger partial charge in [0.15, 0.2) is 5.78 Å². The van der Waals surface area contributed by atoms with Crippen LogP contribution in [0.5, 0.6) is 0 Å². The zero-order valence-corrected chi connectivity index (χ0v) is 11.4. The van der Waals surface area contributed by atoms with E-state index in [0.29, 0.717) is 30.5 Å². The first kappa shape index (κ1) is 14.8. The molecular formula is C16H15FN2O2. The summed E-state index contributed by atoms with van der Waals surface area (Å²) >= 11 is 0. The number of rotatable bonds is 6. The van der Waals surface area contributed by atoms with Gasteiger partial charge in [0.2, 0.25) is 0 Å². The second-order valence-corrected chi connectivity index (χ2v) is 4.53. The molecule has 0 spiro atoms. The second-order valence-electron chi connectivity index (χ2n) is 4.53. The highest BCUT2D eigenvalue weighted by molar-refractivity contribution is 5.96. The quantitative estimate of drug-likeness (QED) is 0.656. The molecule has 108 valence electrons. The summed E-state index contributed by atoms with van der Waals surface area (Å²) in [6.45, 7) is 0.391. The van der Waals surface area contributed by atoms with Gasteiger partial charge in [0.25, 0.3) is 5.91 Å². The fourth-order valence-electron chi connectivity index (χ4n) is 1.83. The molecule has 1 aromatic heterocycles. The van der Waals surface area contributed by atoms with Crippen LogP contribution in [0, 0.1) is 5.82 Å². The Kier molecular flexibility index (Phi) is 5.15. The zero-order chi connectivity index (χ0) is 15.1. The number of aromatic nitrogens is 1. The molecule has 0 aliphatic rings. The molecule has 1 N–H and O–H groups in total. The molecule has 21 heavy (non-hydrogen) atoms. The minimum absolute atomic E-state index is 0.000804. The average Bonchev–Trinajstić information content (AvgIpc) is 2.52. The summed E-state index contributed by atoms with van der Waals surface area (Å²) < 4.78 is 12.7. The predicted molar refractivity (Wildman–Crippen MR) is 76.5 cm³/mol. The van der Waals surface area contributed by atoms with Crippen molar-refractivity contribution in [2.45, 2.75) is 12.8 Å². The van der Waals surface area contributed by atoms with Crippen LogP contribution in [0.3, 0.4) is 0 Å². The van der Waals surface area contributed by atoms with Gasteiger partial charge < -0.3 is 5.32 Å². The van der Waals surface area contributed by atoms with Crippen molar-refractivity contribution in [2.24, 2.45) is 0 Å². The van der Waals surface area contributed by atoms with E-state index in [9.17, 15) is 14.0 Å². The first-order chi connectivity index (χ1) is 10.2. The number of Topliss-reactive ketones (excluding diaryl/α,β-unsaturated/α-hetero) is 1. The zero-order valence-electron chi connectivity index (χ0n) is 11.4.